The zero-order valence-electron chi connectivity index (χ0n) is 14.7. The van der Waals surface area contributed by atoms with Crippen molar-refractivity contribution in [2.45, 2.75) is 0 Å². The van der Waals surface area contributed by atoms with E-state index in [0.717, 1.165) is 6.07 Å². The molecule has 0 spiro atoms. The molecule has 0 atom stereocenters. The topological polar surface area (TPSA) is 82.0 Å². The minimum Gasteiger partial charge on any atom is -0.322 e. The molecule has 3 aromatic carbocycles. The predicted octanol–water partition coefficient (Wildman–Crippen LogP) is 5.51. The maximum Gasteiger partial charge on any atom is 0.258 e. The fraction of sp³-hybridized carbons (Fsp3) is 0. The highest BCUT2D eigenvalue weighted by Crippen LogP contribution is 2.23. The molecule has 0 aliphatic carbocycles. The summed E-state index contributed by atoms with van der Waals surface area (Å²) in [7, 11) is 0. The molecule has 0 radical (unpaired) electrons. The zero-order chi connectivity index (χ0) is 21.0. The van der Waals surface area contributed by atoms with Crippen LogP contribution in [0, 0.1) is 17.1 Å². The molecule has 2 amide bonds. The molecule has 0 aliphatic rings. The minimum atomic E-state index is -0.802. The van der Waals surface area contributed by atoms with E-state index >= 15 is 0 Å². The molecule has 3 aromatic rings. The molecule has 3 rings (SSSR count). The molecule has 29 heavy (non-hydrogen) atoms. The van der Waals surface area contributed by atoms with Crippen molar-refractivity contribution in [2.24, 2.45) is 0 Å². The Morgan fingerprint density at radius 1 is 0.862 bits per heavy atom. The van der Waals surface area contributed by atoms with E-state index in [2.05, 4.69) is 10.6 Å². The second-order valence-corrected chi connectivity index (χ2v) is 6.76. The summed E-state index contributed by atoms with van der Waals surface area (Å²) in [6.45, 7) is 0. The summed E-state index contributed by atoms with van der Waals surface area (Å²) in [4.78, 5) is 24.7. The number of hydrogen-bond acceptors (Lipinski definition) is 3. The number of carbonyl (C=O) groups excluding carboxylic acids is 2. The van der Waals surface area contributed by atoms with Crippen LogP contribution in [-0.4, -0.2) is 11.8 Å². The highest BCUT2D eigenvalue weighted by molar-refractivity contribution is 6.37. The fourth-order valence-electron chi connectivity index (χ4n) is 2.51. The van der Waals surface area contributed by atoms with Crippen LogP contribution in [0.15, 0.2) is 60.7 Å². The molecule has 5 nitrogen and oxygen atoms in total. The zero-order valence-corrected chi connectivity index (χ0v) is 16.2. The lowest BCUT2D eigenvalue weighted by Crippen LogP contribution is -2.15. The maximum absolute atomic E-state index is 14.0. The number of carbonyl (C=O) groups is 2. The van der Waals surface area contributed by atoms with Gasteiger partial charge in [0.2, 0.25) is 0 Å². The van der Waals surface area contributed by atoms with E-state index in [-0.39, 0.29) is 21.7 Å². The standard InChI is InChI=1S/C21H12Cl2FN3O2/c22-13-5-7-16(18(23)9-13)20(28)26-14-2-1-3-15(10-14)27-21(29)17-6-4-12(11-25)8-19(17)24/h1-10H,(H,26,28)(H,27,29). The smallest absolute Gasteiger partial charge is 0.258 e. The van der Waals surface area contributed by atoms with Gasteiger partial charge in [-0.05, 0) is 54.6 Å². The van der Waals surface area contributed by atoms with Crippen molar-refractivity contribution in [3.05, 3.63) is 93.2 Å². The molecule has 0 aliphatic heterocycles. The number of nitrogens with zero attached hydrogens (tertiary/aromatic N) is 1. The van der Waals surface area contributed by atoms with Crippen molar-refractivity contribution in [1.82, 2.24) is 0 Å². The number of benzene rings is 3. The second-order valence-electron chi connectivity index (χ2n) is 5.92. The van der Waals surface area contributed by atoms with Crippen molar-refractivity contribution >= 4 is 46.4 Å². The largest absolute Gasteiger partial charge is 0.322 e. The van der Waals surface area contributed by atoms with Crippen molar-refractivity contribution in [1.29, 1.82) is 5.26 Å². The lowest BCUT2D eigenvalue weighted by Gasteiger charge is -2.10. The first-order valence-electron chi connectivity index (χ1n) is 8.25. The molecular weight excluding hydrogens is 416 g/mol. The van der Waals surface area contributed by atoms with E-state index in [1.165, 1.54) is 30.3 Å². The molecule has 0 bridgehead atoms. The molecule has 0 heterocycles. The van der Waals surface area contributed by atoms with Crippen LogP contribution < -0.4 is 10.6 Å². The van der Waals surface area contributed by atoms with Crippen LogP contribution >= 0.6 is 23.2 Å². The third-order valence-corrected chi connectivity index (χ3v) is 4.44. The molecule has 0 aromatic heterocycles. The van der Waals surface area contributed by atoms with E-state index < -0.39 is 17.6 Å². The number of nitriles is 1. The maximum atomic E-state index is 14.0. The average molecular weight is 428 g/mol. The number of hydrogen-bond donors (Lipinski definition) is 2. The van der Waals surface area contributed by atoms with Crippen LogP contribution in [0.3, 0.4) is 0 Å². The first kappa shape index (κ1) is 20.3. The summed E-state index contributed by atoms with van der Waals surface area (Å²) in [5.41, 5.74) is 0.902. The van der Waals surface area contributed by atoms with Crippen molar-refractivity contribution in [2.75, 3.05) is 10.6 Å². The van der Waals surface area contributed by atoms with Gasteiger partial charge >= 0.3 is 0 Å². The molecule has 144 valence electrons. The van der Waals surface area contributed by atoms with Crippen molar-refractivity contribution in [3.8, 4) is 6.07 Å². The monoisotopic (exact) mass is 427 g/mol. The summed E-state index contributed by atoms with van der Waals surface area (Å²) in [6.07, 6.45) is 0. The first-order valence-corrected chi connectivity index (χ1v) is 9.00. The fourth-order valence-corrected chi connectivity index (χ4v) is 3.01. The van der Waals surface area contributed by atoms with Gasteiger partial charge in [0.05, 0.1) is 27.8 Å². The van der Waals surface area contributed by atoms with E-state index in [0.29, 0.717) is 16.4 Å². The summed E-state index contributed by atoms with van der Waals surface area (Å²) in [5, 5.41) is 14.6. The van der Waals surface area contributed by atoms with Gasteiger partial charge in [0.25, 0.3) is 11.8 Å². The van der Waals surface area contributed by atoms with E-state index in [4.69, 9.17) is 28.5 Å². The Labute approximate surface area is 175 Å². The van der Waals surface area contributed by atoms with Crippen LogP contribution in [0.25, 0.3) is 0 Å². The summed E-state index contributed by atoms with van der Waals surface area (Å²) in [6, 6.07) is 16.2. The molecule has 0 unspecified atom stereocenters. The van der Waals surface area contributed by atoms with Gasteiger partial charge in [-0.2, -0.15) is 5.26 Å². The Kier molecular flexibility index (Phi) is 6.13. The highest BCUT2D eigenvalue weighted by atomic mass is 35.5. The SMILES string of the molecule is N#Cc1ccc(C(=O)Nc2cccc(NC(=O)c3ccc(Cl)cc3Cl)c2)c(F)c1. The average Bonchev–Trinajstić information content (AvgIpc) is 2.67. The quantitative estimate of drug-likeness (QED) is 0.575. The normalized spacial score (nSPS) is 10.1. The number of amides is 2. The second kappa shape index (κ2) is 8.74. The van der Waals surface area contributed by atoms with Gasteiger partial charge in [0.15, 0.2) is 0 Å². The van der Waals surface area contributed by atoms with E-state index in [9.17, 15) is 14.0 Å². The van der Waals surface area contributed by atoms with Gasteiger partial charge in [0.1, 0.15) is 5.82 Å². The Bertz CT molecular complexity index is 1160. The molecule has 2 N–H and O–H groups in total. The third kappa shape index (κ3) is 4.91. The summed E-state index contributed by atoms with van der Waals surface area (Å²) >= 11 is 11.9. The van der Waals surface area contributed by atoms with Crippen LogP contribution in [-0.2, 0) is 0 Å². The van der Waals surface area contributed by atoms with Gasteiger partial charge in [-0.3, -0.25) is 9.59 Å². The van der Waals surface area contributed by atoms with Crippen molar-refractivity contribution < 1.29 is 14.0 Å². The van der Waals surface area contributed by atoms with Crippen LogP contribution in [0.2, 0.25) is 10.0 Å². The van der Waals surface area contributed by atoms with Crippen LogP contribution in [0.4, 0.5) is 15.8 Å². The summed E-state index contributed by atoms with van der Waals surface area (Å²) < 4.78 is 14.0. The molecule has 0 saturated carbocycles. The molecule has 0 saturated heterocycles. The number of nitrogens with one attached hydrogen (secondary N) is 2. The van der Waals surface area contributed by atoms with Gasteiger partial charge in [-0.15, -0.1) is 0 Å². The summed E-state index contributed by atoms with van der Waals surface area (Å²) in [5.74, 6) is -1.94. The van der Waals surface area contributed by atoms with Gasteiger partial charge in [-0.1, -0.05) is 29.3 Å². The Morgan fingerprint density at radius 3 is 2.07 bits per heavy atom. The Balaban J connectivity index is 1.75. The van der Waals surface area contributed by atoms with E-state index in [1.807, 2.05) is 0 Å². The number of halogens is 3. The third-order valence-electron chi connectivity index (χ3n) is 3.90. The molecule has 0 fully saturated rings. The minimum absolute atomic E-state index is 0.115. The number of anilines is 2. The molecular formula is C21H12Cl2FN3O2. The van der Waals surface area contributed by atoms with Gasteiger partial charge in [0, 0.05) is 16.4 Å². The lowest BCUT2D eigenvalue weighted by molar-refractivity contribution is 0.101. The Hall–Kier alpha value is -3.40. The van der Waals surface area contributed by atoms with E-state index in [1.54, 1.807) is 30.3 Å². The molecule has 8 heteroatoms. The van der Waals surface area contributed by atoms with Crippen molar-refractivity contribution in [3.63, 3.8) is 0 Å². The van der Waals surface area contributed by atoms with Crippen LogP contribution in [0.1, 0.15) is 26.3 Å². The predicted molar refractivity (Wildman–Crippen MR) is 110 cm³/mol. The van der Waals surface area contributed by atoms with Gasteiger partial charge < -0.3 is 10.6 Å². The van der Waals surface area contributed by atoms with Crippen LogP contribution in [0.5, 0.6) is 0 Å². The van der Waals surface area contributed by atoms with Gasteiger partial charge in [-0.25, -0.2) is 4.39 Å². The lowest BCUT2D eigenvalue weighted by atomic mass is 10.1. The number of rotatable bonds is 4. The first-order chi connectivity index (χ1) is 13.9. The Morgan fingerprint density at radius 2 is 1.48 bits per heavy atom. The highest BCUT2D eigenvalue weighted by Gasteiger charge is 2.14.